The van der Waals surface area contributed by atoms with Gasteiger partial charge in [-0.3, -0.25) is 9.59 Å². The molecule has 0 unspecified atom stereocenters. The van der Waals surface area contributed by atoms with Crippen LogP contribution in [0.25, 0.3) is 16.5 Å². The van der Waals surface area contributed by atoms with Crippen LogP contribution in [0, 0.1) is 0 Å². The van der Waals surface area contributed by atoms with Gasteiger partial charge in [0.1, 0.15) is 10.8 Å². The summed E-state index contributed by atoms with van der Waals surface area (Å²) in [4.78, 5) is 38.7. The molecule has 0 atom stereocenters. The van der Waals surface area contributed by atoms with E-state index in [1.807, 2.05) is 0 Å². The zero-order valence-electron chi connectivity index (χ0n) is 19.0. The van der Waals surface area contributed by atoms with Gasteiger partial charge in [-0.05, 0) is 48.9 Å². The molecule has 192 valence electrons. The maximum absolute atomic E-state index is 13.4. The molecule has 0 saturated carbocycles. The minimum Gasteiger partial charge on any atom is -0.461 e. The second-order valence-electron chi connectivity index (χ2n) is 7.53. The lowest BCUT2D eigenvalue weighted by Gasteiger charge is -2.12. The number of halogens is 4. The Balaban J connectivity index is 1.75. The molecule has 0 aliphatic carbocycles. The third-order valence-electron chi connectivity index (χ3n) is 4.97. The summed E-state index contributed by atoms with van der Waals surface area (Å²) in [6.45, 7) is 1.64. The number of hydrogen-bond acceptors (Lipinski definition) is 7. The molecule has 4 aromatic rings. The summed E-state index contributed by atoms with van der Waals surface area (Å²) in [5.74, 6) is -1.73. The highest BCUT2D eigenvalue weighted by Gasteiger charge is 2.31. The average molecular weight is 552 g/mol. The normalized spacial score (nSPS) is 11.4. The van der Waals surface area contributed by atoms with Crippen LogP contribution in [0.2, 0.25) is 5.02 Å². The van der Waals surface area contributed by atoms with Gasteiger partial charge in [0.2, 0.25) is 5.91 Å². The number of anilines is 1. The lowest BCUT2D eigenvalue weighted by molar-refractivity contribution is -0.274. The van der Waals surface area contributed by atoms with Gasteiger partial charge in [0.05, 0.1) is 24.1 Å². The van der Waals surface area contributed by atoms with Crippen molar-refractivity contribution >= 4 is 50.6 Å². The van der Waals surface area contributed by atoms with E-state index >= 15 is 0 Å². The lowest BCUT2D eigenvalue weighted by atomic mass is 10.1. The highest BCUT2D eigenvalue weighted by atomic mass is 35.5. The Hall–Kier alpha value is -3.90. The summed E-state index contributed by atoms with van der Waals surface area (Å²) in [5.41, 5.74) is -0.135. The van der Waals surface area contributed by atoms with Gasteiger partial charge in [0.25, 0.3) is 5.56 Å². The van der Waals surface area contributed by atoms with Crippen molar-refractivity contribution < 1.29 is 32.2 Å². The molecule has 37 heavy (non-hydrogen) atoms. The smallest absolute Gasteiger partial charge is 0.461 e. The van der Waals surface area contributed by atoms with E-state index in [1.54, 1.807) is 31.2 Å². The van der Waals surface area contributed by atoms with Crippen LogP contribution in [0.3, 0.4) is 0 Å². The van der Waals surface area contributed by atoms with Crippen LogP contribution < -0.4 is 15.6 Å². The Kier molecular flexibility index (Phi) is 7.50. The molecule has 0 radical (unpaired) electrons. The van der Waals surface area contributed by atoms with E-state index in [9.17, 15) is 27.6 Å². The number of carbonyl (C=O) groups excluding carboxylic acids is 2. The predicted molar refractivity (Wildman–Crippen MR) is 132 cm³/mol. The van der Waals surface area contributed by atoms with E-state index in [0.717, 1.165) is 28.2 Å². The monoisotopic (exact) mass is 551 g/mol. The molecule has 0 bridgehead atoms. The Bertz CT molecular complexity index is 1520. The van der Waals surface area contributed by atoms with Gasteiger partial charge in [0, 0.05) is 15.8 Å². The Morgan fingerprint density at radius 1 is 1.11 bits per heavy atom. The number of ether oxygens (including phenoxy) is 2. The summed E-state index contributed by atoms with van der Waals surface area (Å²) < 4.78 is 47.3. The molecule has 1 N–H and O–H groups in total. The van der Waals surface area contributed by atoms with Gasteiger partial charge >= 0.3 is 12.3 Å². The van der Waals surface area contributed by atoms with Crippen molar-refractivity contribution in [3.8, 4) is 11.4 Å². The molecule has 0 fully saturated rings. The van der Waals surface area contributed by atoms with Crippen LogP contribution in [-0.4, -0.2) is 34.6 Å². The van der Waals surface area contributed by atoms with Crippen molar-refractivity contribution in [2.45, 2.75) is 19.7 Å². The van der Waals surface area contributed by atoms with Crippen molar-refractivity contribution in [3.05, 3.63) is 80.5 Å². The van der Waals surface area contributed by atoms with Crippen molar-refractivity contribution in [2.24, 2.45) is 0 Å². The number of nitrogens with one attached hydrogen (secondary N) is 1. The van der Waals surface area contributed by atoms with Gasteiger partial charge in [-0.2, -0.15) is 9.78 Å². The molecule has 0 spiro atoms. The zero-order valence-corrected chi connectivity index (χ0v) is 20.5. The second-order valence-corrected chi connectivity index (χ2v) is 8.85. The summed E-state index contributed by atoms with van der Waals surface area (Å²) in [7, 11) is 0. The highest BCUT2D eigenvalue weighted by molar-refractivity contribution is 7.16. The number of alkyl halides is 3. The first-order chi connectivity index (χ1) is 17.6. The van der Waals surface area contributed by atoms with E-state index in [2.05, 4.69) is 15.2 Å². The van der Waals surface area contributed by atoms with Crippen LogP contribution >= 0.6 is 22.9 Å². The predicted octanol–water partition coefficient (Wildman–Crippen LogP) is 5.36. The highest BCUT2D eigenvalue weighted by Crippen LogP contribution is 2.31. The van der Waals surface area contributed by atoms with E-state index < -0.39 is 29.5 Å². The van der Waals surface area contributed by atoms with Crippen LogP contribution in [-0.2, 0) is 16.0 Å². The summed E-state index contributed by atoms with van der Waals surface area (Å²) >= 11 is 6.90. The fraction of sp³-hybridized carbons (Fsp3) is 0.167. The minimum atomic E-state index is -4.89. The number of hydrogen-bond donors (Lipinski definition) is 1. The maximum Gasteiger partial charge on any atom is 0.573 e. The van der Waals surface area contributed by atoms with Crippen LogP contribution in [0.5, 0.6) is 5.75 Å². The second kappa shape index (κ2) is 10.6. The number of carbonyl (C=O) groups is 2. The number of fused-ring (bicyclic) bond motifs is 1. The molecule has 0 saturated heterocycles. The van der Waals surface area contributed by atoms with Crippen molar-refractivity contribution in [3.63, 3.8) is 0 Å². The molecule has 0 aliphatic heterocycles. The number of esters is 1. The van der Waals surface area contributed by atoms with Gasteiger partial charge in [-0.1, -0.05) is 23.7 Å². The number of rotatable bonds is 7. The van der Waals surface area contributed by atoms with Crippen molar-refractivity contribution in [2.75, 3.05) is 11.9 Å². The molecule has 2 aromatic carbocycles. The topological polar surface area (TPSA) is 99.5 Å². The van der Waals surface area contributed by atoms with Crippen LogP contribution in [0.1, 0.15) is 23.0 Å². The molecular weight excluding hydrogens is 535 g/mol. The molecular formula is C24H17ClF3N3O5S. The van der Waals surface area contributed by atoms with Crippen LogP contribution in [0.4, 0.5) is 18.2 Å². The zero-order chi connectivity index (χ0) is 26.7. The van der Waals surface area contributed by atoms with Gasteiger partial charge in [-0.15, -0.1) is 24.5 Å². The number of nitrogens with zero attached hydrogens (tertiary/aromatic N) is 2. The molecule has 8 nitrogen and oxygen atoms in total. The van der Waals surface area contributed by atoms with Crippen molar-refractivity contribution in [1.29, 1.82) is 0 Å². The first-order valence-electron chi connectivity index (χ1n) is 10.7. The molecule has 4 rings (SSSR count). The number of benzene rings is 2. The van der Waals surface area contributed by atoms with Gasteiger partial charge in [-0.25, -0.2) is 4.79 Å². The Morgan fingerprint density at radius 3 is 2.41 bits per heavy atom. The van der Waals surface area contributed by atoms with Crippen molar-refractivity contribution in [1.82, 2.24) is 9.78 Å². The minimum absolute atomic E-state index is 0.00123. The van der Waals surface area contributed by atoms with Crippen LogP contribution in [0.15, 0.2) is 58.7 Å². The molecule has 0 aliphatic rings. The molecule has 2 heterocycles. The fourth-order valence-electron chi connectivity index (χ4n) is 3.41. The standard InChI is InChI=1S/C24H17ClF3N3O5S/c1-2-35-23(34)20-17-12-37-21(29-18(32)11-13-3-5-14(25)6-4-13)19(17)22(33)31(30-20)15-7-9-16(10-8-15)36-24(26,27)28/h3-10,12H,2,11H2,1H3,(H,29,32). The number of aromatic nitrogens is 2. The summed E-state index contributed by atoms with van der Waals surface area (Å²) in [5, 5.41) is 9.17. The number of amides is 1. The Labute approximate surface area is 216 Å². The quantitative estimate of drug-likeness (QED) is 0.311. The van der Waals surface area contributed by atoms with E-state index in [1.165, 1.54) is 17.5 Å². The average Bonchev–Trinajstić information content (AvgIpc) is 3.24. The van der Waals surface area contributed by atoms with E-state index in [-0.39, 0.29) is 40.2 Å². The first-order valence-corrected chi connectivity index (χ1v) is 11.9. The van der Waals surface area contributed by atoms with Gasteiger partial charge in [0.15, 0.2) is 5.69 Å². The third-order valence-corrected chi connectivity index (χ3v) is 6.11. The summed E-state index contributed by atoms with van der Waals surface area (Å²) in [6.07, 6.45) is -4.89. The largest absolute Gasteiger partial charge is 0.573 e. The SMILES string of the molecule is CCOC(=O)c1nn(-c2ccc(OC(F)(F)F)cc2)c(=O)c2c(NC(=O)Cc3ccc(Cl)cc3)scc12. The molecule has 2 aromatic heterocycles. The van der Waals surface area contributed by atoms with E-state index in [0.29, 0.717) is 10.6 Å². The van der Waals surface area contributed by atoms with Gasteiger partial charge < -0.3 is 14.8 Å². The first kappa shape index (κ1) is 26.2. The third kappa shape index (κ3) is 6.09. The lowest BCUT2D eigenvalue weighted by Crippen LogP contribution is -2.26. The number of thiophene rings is 1. The fourth-order valence-corrected chi connectivity index (χ4v) is 4.49. The molecule has 1 amide bonds. The summed E-state index contributed by atoms with van der Waals surface area (Å²) in [6, 6.07) is 11.0. The molecule has 13 heteroatoms. The Morgan fingerprint density at radius 2 is 1.78 bits per heavy atom. The maximum atomic E-state index is 13.4. The van der Waals surface area contributed by atoms with E-state index in [4.69, 9.17) is 16.3 Å².